The largest absolute Gasteiger partial charge is 0.354 e. The summed E-state index contributed by atoms with van der Waals surface area (Å²) in [6.07, 6.45) is 2.89. The summed E-state index contributed by atoms with van der Waals surface area (Å²) in [5.74, 6) is 0. The second-order valence-corrected chi connectivity index (χ2v) is 3.15. The molecule has 2 aromatic heterocycles. The Morgan fingerprint density at radius 2 is 2.17 bits per heavy atom. The topological polar surface area (TPSA) is 47.3 Å². The maximum absolute atomic E-state index is 11.1. The highest BCUT2D eigenvalue weighted by molar-refractivity contribution is 9.10. The molecule has 0 saturated carbocycles. The zero-order valence-electron chi connectivity index (χ0n) is 5.94. The van der Waals surface area contributed by atoms with Gasteiger partial charge >= 0.3 is 5.69 Å². The molecule has 4 nitrogen and oxygen atoms in total. The van der Waals surface area contributed by atoms with Gasteiger partial charge in [-0.25, -0.2) is 9.78 Å². The second kappa shape index (κ2) is 2.67. The van der Waals surface area contributed by atoms with Crippen LogP contribution in [0.25, 0.3) is 5.65 Å². The fourth-order valence-electron chi connectivity index (χ4n) is 0.925. The van der Waals surface area contributed by atoms with Crippen molar-refractivity contribution in [3.63, 3.8) is 0 Å². The molecule has 2 aromatic rings. The smallest absolute Gasteiger partial charge is 0.250 e. The van der Waals surface area contributed by atoms with Crippen molar-refractivity contribution in [3.8, 4) is 0 Å². The molecule has 0 radical (unpaired) electrons. The van der Waals surface area contributed by atoms with Crippen molar-refractivity contribution in [2.75, 3.05) is 0 Å². The molecule has 0 aliphatic carbocycles. The van der Waals surface area contributed by atoms with E-state index in [1.807, 2.05) is 6.07 Å². The molecule has 0 unspecified atom stereocenters. The first kappa shape index (κ1) is 7.42. The summed E-state index contributed by atoms with van der Waals surface area (Å²) in [5, 5.41) is 0. The molecule has 2 heterocycles. The maximum atomic E-state index is 11.1. The average Bonchev–Trinajstić information content (AvgIpc) is 2.07. The van der Waals surface area contributed by atoms with Crippen LogP contribution in [0.1, 0.15) is 0 Å². The maximum Gasteiger partial charge on any atom is 0.354 e. The number of rotatable bonds is 0. The van der Waals surface area contributed by atoms with Crippen LogP contribution in [0.2, 0.25) is 0 Å². The Bertz CT molecular complexity index is 479. The van der Waals surface area contributed by atoms with Crippen molar-refractivity contribution >= 4 is 21.6 Å². The third kappa shape index (κ3) is 1.12. The molecule has 5 heteroatoms. The highest BCUT2D eigenvalue weighted by Crippen LogP contribution is 2.07. The van der Waals surface area contributed by atoms with Crippen LogP contribution in [0, 0.1) is 0 Å². The number of aromatic nitrogens is 3. The third-order valence-electron chi connectivity index (χ3n) is 1.46. The Morgan fingerprint density at radius 3 is 3.00 bits per heavy atom. The second-order valence-electron chi connectivity index (χ2n) is 2.23. The fourth-order valence-corrected chi connectivity index (χ4v) is 1.26. The Balaban J connectivity index is 2.98. The average molecular weight is 226 g/mol. The van der Waals surface area contributed by atoms with Gasteiger partial charge in [0.25, 0.3) is 0 Å². The number of nitrogens with zero attached hydrogens (tertiary/aromatic N) is 3. The number of fused-ring (bicyclic) bond motifs is 1. The number of hydrogen-bond acceptors (Lipinski definition) is 3. The van der Waals surface area contributed by atoms with Crippen molar-refractivity contribution in [3.05, 3.63) is 39.6 Å². The van der Waals surface area contributed by atoms with Crippen LogP contribution in [-0.2, 0) is 0 Å². The van der Waals surface area contributed by atoms with Gasteiger partial charge in [0.05, 0.1) is 0 Å². The van der Waals surface area contributed by atoms with Gasteiger partial charge in [0.15, 0.2) is 0 Å². The molecule has 0 bridgehead atoms. The van der Waals surface area contributed by atoms with Gasteiger partial charge in [-0.2, -0.15) is 4.98 Å². The first-order valence-corrected chi connectivity index (χ1v) is 4.05. The lowest BCUT2D eigenvalue weighted by Crippen LogP contribution is -2.16. The van der Waals surface area contributed by atoms with E-state index in [9.17, 15) is 4.79 Å². The lowest BCUT2D eigenvalue weighted by molar-refractivity contribution is 0.937. The number of pyridine rings is 1. The van der Waals surface area contributed by atoms with Crippen LogP contribution in [0.4, 0.5) is 0 Å². The van der Waals surface area contributed by atoms with E-state index in [4.69, 9.17) is 0 Å². The summed E-state index contributed by atoms with van der Waals surface area (Å²) in [7, 11) is 0. The summed E-state index contributed by atoms with van der Waals surface area (Å²) in [6.45, 7) is 0. The Morgan fingerprint density at radius 1 is 1.33 bits per heavy atom. The molecule has 0 N–H and O–H groups in total. The van der Waals surface area contributed by atoms with Crippen LogP contribution < -0.4 is 5.69 Å². The summed E-state index contributed by atoms with van der Waals surface area (Å²) in [6, 6.07) is 3.56. The molecule has 0 aliphatic heterocycles. The highest BCUT2D eigenvalue weighted by atomic mass is 79.9. The summed E-state index contributed by atoms with van der Waals surface area (Å²) in [5.41, 5.74) is 0.277. The standard InChI is InChI=1S/C7H4BrN3O/c8-5-1-2-6-9-4-10-7(12)11(6)3-5/h1-4H. The Labute approximate surface area is 76.0 Å². The summed E-state index contributed by atoms with van der Waals surface area (Å²) in [4.78, 5) is 18.6. The molecule has 12 heavy (non-hydrogen) atoms. The lowest BCUT2D eigenvalue weighted by Gasteiger charge is -1.96. The predicted molar refractivity (Wildman–Crippen MR) is 47.0 cm³/mol. The molecular weight excluding hydrogens is 222 g/mol. The van der Waals surface area contributed by atoms with Gasteiger partial charge in [0.1, 0.15) is 12.0 Å². The van der Waals surface area contributed by atoms with Crippen LogP contribution in [0.15, 0.2) is 33.9 Å². The van der Waals surface area contributed by atoms with Gasteiger partial charge in [0, 0.05) is 10.7 Å². The molecule has 0 fully saturated rings. The van der Waals surface area contributed by atoms with Gasteiger partial charge in [-0.3, -0.25) is 4.40 Å². The third-order valence-corrected chi connectivity index (χ3v) is 1.92. The van der Waals surface area contributed by atoms with Gasteiger partial charge in [-0.1, -0.05) is 0 Å². The molecular formula is C7H4BrN3O. The SMILES string of the molecule is O=c1ncnc2ccc(Br)cn12. The zero-order valence-corrected chi connectivity index (χ0v) is 7.52. The van der Waals surface area contributed by atoms with Crippen LogP contribution >= 0.6 is 15.9 Å². The minimum absolute atomic E-state index is 0.318. The van der Waals surface area contributed by atoms with Gasteiger partial charge in [0.2, 0.25) is 0 Å². The lowest BCUT2D eigenvalue weighted by atomic mass is 10.5. The van der Waals surface area contributed by atoms with E-state index >= 15 is 0 Å². The highest BCUT2D eigenvalue weighted by Gasteiger charge is 1.96. The molecule has 0 aliphatic rings. The van der Waals surface area contributed by atoms with Crippen molar-refractivity contribution in [1.29, 1.82) is 0 Å². The van der Waals surface area contributed by atoms with E-state index in [1.165, 1.54) is 10.7 Å². The molecule has 0 saturated heterocycles. The number of halogens is 1. The summed E-state index contributed by atoms with van der Waals surface area (Å²) < 4.78 is 2.20. The van der Waals surface area contributed by atoms with E-state index < -0.39 is 0 Å². The molecule has 0 atom stereocenters. The van der Waals surface area contributed by atoms with Crippen molar-refractivity contribution < 1.29 is 0 Å². The van der Waals surface area contributed by atoms with E-state index in [2.05, 4.69) is 25.9 Å². The van der Waals surface area contributed by atoms with Crippen molar-refractivity contribution in [2.45, 2.75) is 0 Å². The normalized spacial score (nSPS) is 10.4. The van der Waals surface area contributed by atoms with Crippen LogP contribution in [-0.4, -0.2) is 14.4 Å². The van der Waals surface area contributed by atoms with Gasteiger partial charge in [-0.05, 0) is 28.1 Å². The molecule has 0 amide bonds. The van der Waals surface area contributed by atoms with Crippen molar-refractivity contribution in [2.24, 2.45) is 0 Å². The van der Waals surface area contributed by atoms with E-state index in [0.717, 1.165) is 4.47 Å². The monoisotopic (exact) mass is 225 g/mol. The van der Waals surface area contributed by atoms with E-state index in [-0.39, 0.29) is 5.69 Å². The molecule has 0 aromatic carbocycles. The first-order chi connectivity index (χ1) is 5.77. The Kier molecular flexibility index (Phi) is 1.65. The molecule has 2 rings (SSSR count). The van der Waals surface area contributed by atoms with Gasteiger partial charge in [-0.15, -0.1) is 0 Å². The molecule has 0 spiro atoms. The fraction of sp³-hybridized carbons (Fsp3) is 0. The van der Waals surface area contributed by atoms with Crippen LogP contribution in [0.3, 0.4) is 0 Å². The van der Waals surface area contributed by atoms with E-state index in [0.29, 0.717) is 5.65 Å². The number of hydrogen-bond donors (Lipinski definition) is 0. The quantitative estimate of drug-likeness (QED) is 0.669. The minimum atomic E-state index is -0.318. The summed E-state index contributed by atoms with van der Waals surface area (Å²) >= 11 is 3.25. The van der Waals surface area contributed by atoms with Crippen molar-refractivity contribution in [1.82, 2.24) is 14.4 Å². The zero-order chi connectivity index (χ0) is 8.55. The van der Waals surface area contributed by atoms with Crippen LogP contribution in [0.5, 0.6) is 0 Å². The van der Waals surface area contributed by atoms with Gasteiger partial charge < -0.3 is 0 Å². The molecule has 60 valence electrons. The minimum Gasteiger partial charge on any atom is -0.250 e. The Hall–Kier alpha value is -1.23. The first-order valence-electron chi connectivity index (χ1n) is 3.26. The van der Waals surface area contributed by atoms with E-state index in [1.54, 1.807) is 12.3 Å². The predicted octanol–water partition coefficient (Wildman–Crippen LogP) is 0.852.